The van der Waals surface area contributed by atoms with Crippen LogP contribution in [0.5, 0.6) is 0 Å². The minimum Gasteiger partial charge on any atom is -0.325 e. The molecule has 0 N–H and O–H groups in total. The number of allylic oxidation sites excluding steroid dienone is 1. The fourth-order valence-corrected chi connectivity index (χ4v) is 4.28. The first kappa shape index (κ1) is 15.5. The lowest BCUT2D eigenvalue weighted by Crippen LogP contribution is -2.16. The monoisotopic (exact) mass is 292 g/mol. The lowest BCUT2D eigenvalue weighted by atomic mass is 9.98. The summed E-state index contributed by atoms with van der Waals surface area (Å²) in [5, 5.41) is 0. The summed E-state index contributed by atoms with van der Waals surface area (Å²) in [6.45, 7) is 1.97. The van der Waals surface area contributed by atoms with Gasteiger partial charge in [-0.2, -0.15) is 0 Å². The van der Waals surface area contributed by atoms with E-state index in [1.165, 1.54) is 19.3 Å². The lowest BCUT2D eigenvalue weighted by molar-refractivity contribution is 0.159. The van der Waals surface area contributed by atoms with E-state index in [2.05, 4.69) is 12.1 Å². The highest BCUT2D eigenvalue weighted by Gasteiger charge is 2.25. The molecule has 0 aromatic heterocycles. The highest BCUT2D eigenvalue weighted by atomic mass is 31.2. The summed E-state index contributed by atoms with van der Waals surface area (Å²) in [5.74, 6) is 0. The Balaban J connectivity index is 1.90. The second kappa shape index (κ2) is 7.81. The zero-order valence-corrected chi connectivity index (χ0v) is 13.2. The smallest absolute Gasteiger partial charge is 0.206 e. The number of rotatable bonds is 6. The summed E-state index contributed by atoms with van der Waals surface area (Å²) in [5.41, 5.74) is 1.15. The van der Waals surface area contributed by atoms with E-state index in [4.69, 9.17) is 4.52 Å². The van der Waals surface area contributed by atoms with Crippen molar-refractivity contribution in [3.8, 4) is 0 Å². The van der Waals surface area contributed by atoms with Crippen LogP contribution in [0, 0.1) is 0 Å². The molecule has 1 aliphatic rings. The van der Waals surface area contributed by atoms with E-state index >= 15 is 0 Å². The minimum absolute atomic E-state index is 0.222. The van der Waals surface area contributed by atoms with E-state index in [9.17, 15) is 4.57 Å². The Hall–Kier alpha value is -0.850. The summed E-state index contributed by atoms with van der Waals surface area (Å²) in [6, 6.07) is 10.1. The molecule has 0 heterocycles. The van der Waals surface area contributed by atoms with E-state index in [1.54, 1.807) is 0 Å². The van der Waals surface area contributed by atoms with Crippen molar-refractivity contribution >= 4 is 13.4 Å². The van der Waals surface area contributed by atoms with Gasteiger partial charge in [0, 0.05) is 12.3 Å². The zero-order chi connectivity index (χ0) is 14.3. The van der Waals surface area contributed by atoms with Crippen LogP contribution in [0.1, 0.15) is 44.6 Å². The Morgan fingerprint density at radius 3 is 2.55 bits per heavy atom. The van der Waals surface area contributed by atoms with Crippen LogP contribution in [0.4, 0.5) is 0 Å². The molecule has 0 saturated heterocycles. The third-order valence-corrected chi connectivity index (χ3v) is 6.28. The van der Waals surface area contributed by atoms with Crippen LogP contribution in [0.3, 0.4) is 0 Å². The average molecular weight is 292 g/mol. The molecule has 0 amide bonds. The maximum atomic E-state index is 12.8. The van der Waals surface area contributed by atoms with Crippen LogP contribution in [-0.2, 0) is 9.09 Å². The van der Waals surface area contributed by atoms with E-state index in [-0.39, 0.29) is 6.10 Å². The Morgan fingerprint density at radius 2 is 1.90 bits per heavy atom. The van der Waals surface area contributed by atoms with Gasteiger partial charge < -0.3 is 4.52 Å². The van der Waals surface area contributed by atoms with Gasteiger partial charge in [-0.15, -0.1) is 0 Å². The average Bonchev–Trinajstić information content (AvgIpc) is 2.49. The van der Waals surface area contributed by atoms with Crippen molar-refractivity contribution in [3.63, 3.8) is 0 Å². The van der Waals surface area contributed by atoms with Gasteiger partial charge in [-0.05, 0) is 18.4 Å². The quantitative estimate of drug-likeness (QED) is 0.661. The molecule has 0 unspecified atom stereocenters. The van der Waals surface area contributed by atoms with E-state index in [0.29, 0.717) is 12.3 Å². The molecule has 0 aliphatic heterocycles. The SMILES string of the molecule is CC[P@@](=O)(C/C=C/c1ccccc1)OC1CCCCC1. The first-order valence-corrected chi connectivity index (χ1v) is 9.69. The maximum absolute atomic E-state index is 12.8. The van der Waals surface area contributed by atoms with Gasteiger partial charge in [-0.1, -0.05) is 68.7 Å². The van der Waals surface area contributed by atoms with Gasteiger partial charge in [0.05, 0.1) is 6.10 Å². The van der Waals surface area contributed by atoms with Crippen LogP contribution in [-0.4, -0.2) is 18.4 Å². The van der Waals surface area contributed by atoms with Gasteiger partial charge in [-0.3, -0.25) is 4.57 Å². The topological polar surface area (TPSA) is 26.3 Å². The zero-order valence-electron chi connectivity index (χ0n) is 12.3. The molecular weight excluding hydrogens is 267 g/mol. The molecule has 0 spiro atoms. The predicted octanol–water partition coefficient (Wildman–Crippen LogP) is 5.35. The molecule has 110 valence electrons. The Bertz CT molecular complexity index is 461. The van der Waals surface area contributed by atoms with Crippen molar-refractivity contribution < 1.29 is 9.09 Å². The number of benzene rings is 1. The van der Waals surface area contributed by atoms with Crippen molar-refractivity contribution in [2.24, 2.45) is 0 Å². The molecule has 1 atom stereocenters. The molecule has 20 heavy (non-hydrogen) atoms. The molecule has 1 aliphatic carbocycles. The summed E-state index contributed by atoms with van der Waals surface area (Å²) < 4.78 is 18.7. The maximum Gasteiger partial charge on any atom is 0.206 e. The van der Waals surface area contributed by atoms with Crippen LogP contribution in [0.25, 0.3) is 6.08 Å². The minimum atomic E-state index is -2.49. The number of hydrogen-bond donors (Lipinski definition) is 0. The van der Waals surface area contributed by atoms with Crippen molar-refractivity contribution in [1.82, 2.24) is 0 Å². The molecule has 2 rings (SSSR count). The van der Waals surface area contributed by atoms with Gasteiger partial charge >= 0.3 is 0 Å². The van der Waals surface area contributed by atoms with E-state index < -0.39 is 7.37 Å². The van der Waals surface area contributed by atoms with Crippen molar-refractivity contribution in [2.75, 3.05) is 12.3 Å². The number of hydrogen-bond acceptors (Lipinski definition) is 2. The largest absolute Gasteiger partial charge is 0.325 e. The molecule has 2 nitrogen and oxygen atoms in total. The van der Waals surface area contributed by atoms with E-state index in [0.717, 1.165) is 18.4 Å². The van der Waals surface area contributed by atoms with Gasteiger partial charge in [0.2, 0.25) is 7.37 Å². The Morgan fingerprint density at radius 1 is 1.20 bits per heavy atom. The van der Waals surface area contributed by atoms with Gasteiger partial charge in [-0.25, -0.2) is 0 Å². The van der Waals surface area contributed by atoms with Crippen LogP contribution >= 0.6 is 7.37 Å². The fourth-order valence-electron chi connectivity index (χ4n) is 2.60. The molecule has 3 heteroatoms. The standard InChI is InChI=1S/C17H25O2P/c1-2-20(18,19-17-13-7-4-8-14-17)15-9-12-16-10-5-3-6-11-16/h3,5-6,9-12,17H,2,4,7-8,13-15H2,1H3/b12-9+/t20-/m0/s1. The summed E-state index contributed by atoms with van der Waals surface area (Å²) in [7, 11) is -2.49. The summed E-state index contributed by atoms with van der Waals surface area (Å²) in [6.07, 6.45) is 11.3. The van der Waals surface area contributed by atoms with Gasteiger partial charge in [0.15, 0.2) is 0 Å². The molecule has 1 saturated carbocycles. The second-order valence-corrected chi connectivity index (χ2v) is 8.33. The first-order valence-electron chi connectivity index (χ1n) is 7.70. The molecule has 1 fully saturated rings. The second-order valence-electron chi connectivity index (χ2n) is 5.49. The van der Waals surface area contributed by atoms with Crippen LogP contribution in [0.15, 0.2) is 36.4 Å². The van der Waals surface area contributed by atoms with Crippen LogP contribution < -0.4 is 0 Å². The van der Waals surface area contributed by atoms with Crippen LogP contribution in [0.2, 0.25) is 0 Å². The normalized spacial score (nSPS) is 20.1. The van der Waals surface area contributed by atoms with Crippen molar-refractivity contribution in [2.45, 2.75) is 45.1 Å². The molecular formula is C17H25O2P. The third-order valence-electron chi connectivity index (χ3n) is 3.87. The molecule has 0 bridgehead atoms. The Labute approximate surface area is 122 Å². The highest BCUT2D eigenvalue weighted by molar-refractivity contribution is 7.59. The summed E-state index contributed by atoms with van der Waals surface area (Å²) >= 11 is 0. The highest BCUT2D eigenvalue weighted by Crippen LogP contribution is 2.49. The molecule has 1 aromatic carbocycles. The Kier molecular flexibility index (Phi) is 6.06. The van der Waals surface area contributed by atoms with Crippen molar-refractivity contribution in [3.05, 3.63) is 42.0 Å². The van der Waals surface area contributed by atoms with Gasteiger partial charge in [0.1, 0.15) is 0 Å². The fraction of sp³-hybridized carbons (Fsp3) is 0.529. The summed E-state index contributed by atoms with van der Waals surface area (Å²) in [4.78, 5) is 0. The molecule has 1 aromatic rings. The predicted molar refractivity (Wildman–Crippen MR) is 86.4 cm³/mol. The lowest BCUT2D eigenvalue weighted by Gasteiger charge is -2.26. The van der Waals surface area contributed by atoms with Gasteiger partial charge in [0.25, 0.3) is 0 Å². The molecule has 0 radical (unpaired) electrons. The third kappa shape index (κ3) is 4.92. The van der Waals surface area contributed by atoms with Crippen molar-refractivity contribution in [1.29, 1.82) is 0 Å². The van der Waals surface area contributed by atoms with E-state index in [1.807, 2.05) is 37.3 Å². The first-order chi connectivity index (χ1) is 9.72.